The van der Waals surface area contributed by atoms with Crippen molar-refractivity contribution < 1.29 is 9.84 Å². The first-order valence-corrected chi connectivity index (χ1v) is 5.09. The van der Waals surface area contributed by atoms with Crippen LogP contribution in [0.1, 0.15) is 30.9 Å². The van der Waals surface area contributed by atoms with Gasteiger partial charge in [0.25, 0.3) is 0 Å². The van der Waals surface area contributed by atoms with Gasteiger partial charge in [-0.25, -0.2) is 0 Å². The fraction of sp³-hybridized carbons (Fsp3) is 0.500. The first-order chi connectivity index (χ1) is 6.83. The number of benzene rings is 1. The second kappa shape index (κ2) is 5.66. The summed E-state index contributed by atoms with van der Waals surface area (Å²) in [5.41, 5.74) is 2.14. The Hall–Kier alpha value is -1.02. The van der Waals surface area contributed by atoms with E-state index in [1.165, 1.54) is 0 Å². The summed E-state index contributed by atoms with van der Waals surface area (Å²) >= 11 is 0. The van der Waals surface area contributed by atoms with Crippen LogP contribution in [-0.4, -0.2) is 12.2 Å². The third-order valence-corrected chi connectivity index (χ3v) is 2.40. The van der Waals surface area contributed by atoms with Crippen molar-refractivity contribution in [1.82, 2.24) is 0 Å². The molecule has 0 atom stereocenters. The minimum absolute atomic E-state index is 0.0935. The minimum atomic E-state index is 0.0935. The van der Waals surface area contributed by atoms with E-state index in [1.54, 1.807) is 7.11 Å². The zero-order valence-corrected chi connectivity index (χ0v) is 8.92. The van der Waals surface area contributed by atoms with Crippen LogP contribution in [0, 0.1) is 0 Å². The molecule has 0 saturated carbocycles. The third-order valence-electron chi connectivity index (χ3n) is 2.40. The molecule has 1 aromatic carbocycles. The van der Waals surface area contributed by atoms with E-state index in [4.69, 9.17) is 4.74 Å². The van der Waals surface area contributed by atoms with Gasteiger partial charge in [0.05, 0.1) is 13.7 Å². The topological polar surface area (TPSA) is 29.5 Å². The molecule has 1 aromatic rings. The molecule has 0 spiro atoms. The molecule has 0 aliphatic heterocycles. The zero-order chi connectivity index (χ0) is 10.4. The maximum atomic E-state index is 9.18. The van der Waals surface area contributed by atoms with Crippen molar-refractivity contribution in [2.75, 3.05) is 7.11 Å². The molecular weight excluding hydrogens is 176 g/mol. The van der Waals surface area contributed by atoms with E-state index in [0.717, 1.165) is 36.1 Å². The SMILES string of the molecule is CCCCc1c(CO)cccc1OC. The predicted molar refractivity (Wildman–Crippen MR) is 57.5 cm³/mol. The Labute approximate surface area is 85.5 Å². The van der Waals surface area contributed by atoms with Crippen molar-refractivity contribution in [1.29, 1.82) is 0 Å². The average Bonchev–Trinajstić information content (AvgIpc) is 2.25. The van der Waals surface area contributed by atoms with Gasteiger partial charge in [0.1, 0.15) is 5.75 Å². The molecule has 2 heteroatoms. The molecule has 1 N–H and O–H groups in total. The molecule has 0 aliphatic rings. The summed E-state index contributed by atoms with van der Waals surface area (Å²) in [4.78, 5) is 0. The van der Waals surface area contributed by atoms with Gasteiger partial charge in [-0.05, 0) is 30.0 Å². The van der Waals surface area contributed by atoms with Gasteiger partial charge in [0.2, 0.25) is 0 Å². The summed E-state index contributed by atoms with van der Waals surface area (Å²) in [7, 11) is 1.67. The van der Waals surface area contributed by atoms with Crippen molar-refractivity contribution in [3.05, 3.63) is 29.3 Å². The molecule has 2 nitrogen and oxygen atoms in total. The molecule has 0 saturated heterocycles. The fourth-order valence-corrected chi connectivity index (χ4v) is 1.59. The number of rotatable bonds is 5. The summed E-state index contributed by atoms with van der Waals surface area (Å²) in [5.74, 6) is 0.894. The van der Waals surface area contributed by atoms with Crippen molar-refractivity contribution in [3.63, 3.8) is 0 Å². The van der Waals surface area contributed by atoms with E-state index in [-0.39, 0.29) is 6.61 Å². The van der Waals surface area contributed by atoms with Crippen LogP contribution < -0.4 is 4.74 Å². The van der Waals surface area contributed by atoms with E-state index >= 15 is 0 Å². The van der Waals surface area contributed by atoms with Gasteiger partial charge in [-0.15, -0.1) is 0 Å². The lowest BCUT2D eigenvalue weighted by Gasteiger charge is -2.11. The molecule has 0 amide bonds. The van der Waals surface area contributed by atoms with Gasteiger partial charge >= 0.3 is 0 Å². The largest absolute Gasteiger partial charge is 0.496 e. The van der Waals surface area contributed by atoms with E-state index in [9.17, 15) is 5.11 Å². The zero-order valence-electron chi connectivity index (χ0n) is 8.92. The quantitative estimate of drug-likeness (QED) is 0.780. The van der Waals surface area contributed by atoms with Gasteiger partial charge in [-0.3, -0.25) is 0 Å². The Balaban J connectivity index is 2.93. The summed E-state index contributed by atoms with van der Waals surface area (Å²) in [6.07, 6.45) is 3.27. The normalized spacial score (nSPS) is 10.2. The van der Waals surface area contributed by atoms with Crippen LogP contribution in [-0.2, 0) is 13.0 Å². The number of ether oxygens (including phenoxy) is 1. The molecule has 14 heavy (non-hydrogen) atoms. The molecule has 0 aliphatic carbocycles. The number of methoxy groups -OCH3 is 1. The van der Waals surface area contributed by atoms with E-state index in [0.29, 0.717) is 0 Å². The highest BCUT2D eigenvalue weighted by Crippen LogP contribution is 2.24. The van der Waals surface area contributed by atoms with Gasteiger partial charge < -0.3 is 9.84 Å². The molecule has 0 bridgehead atoms. The highest BCUT2D eigenvalue weighted by Gasteiger charge is 2.06. The molecule has 1 rings (SSSR count). The van der Waals surface area contributed by atoms with E-state index in [1.807, 2.05) is 18.2 Å². The predicted octanol–water partition coefficient (Wildman–Crippen LogP) is 2.53. The van der Waals surface area contributed by atoms with Gasteiger partial charge in [-0.2, -0.15) is 0 Å². The molecule has 0 radical (unpaired) electrons. The van der Waals surface area contributed by atoms with Crippen LogP contribution in [0.5, 0.6) is 5.75 Å². The number of aliphatic hydroxyl groups is 1. The van der Waals surface area contributed by atoms with Gasteiger partial charge in [0, 0.05) is 0 Å². The molecule has 0 aromatic heterocycles. The lowest BCUT2D eigenvalue weighted by atomic mass is 10.0. The highest BCUT2D eigenvalue weighted by molar-refractivity contribution is 5.40. The second-order valence-corrected chi connectivity index (χ2v) is 3.36. The smallest absolute Gasteiger partial charge is 0.122 e. The van der Waals surface area contributed by atoms with Crippen LogP contribution in [0.3, 0.4) is 0 Å². The Morgan fingerprint density at radius 3 is 2.71 bits per heavy atom. The first kappa shape index (κ1) is 11.1. The maximum absolute atomic E-state index is 9.18. The monoisotopic (exact) mass is 194 g/mol. The number of aliphatic hydroxyl groups excluding tert-OH is 1. The lowest BCUT2D eigenvalue weighted by Crippen LogP contribution is -1.98. The Morgan fingerprint density at radius 1 is 1.36 bits per heavy atom. The van der Waals surface area contributed by atoms with Gasteiger partial charge in [-0.1, -0.05) is 25.5 Å². The van der Waals surface area contributed by atoms with E-state index in [2.05, 4.69) is 6.92 Å². The standard InChI is InChI=1S/C12H18O2/c1-3-4-7-11-10(9-13)6-5-8-12(11)14-2/h5-6,8,13H,3-4,7,9H2,1-2H3. The molecular formula is C12H18O2. The fourth-order valence-electron chi connectivity index (χ4n) is 1.59. The van der Waals surface area contributed by atoms with Crippen molar-refractivity contribution in [2.45, 2.75) is 32.8 Å². The van der Waals surface area contributed by atoms with Crippen LogP contribution >= 0.6 is 0 Å². The Morgan fingerprint density at radius 2 is 2.14 bits per heavy atom. The van der Waals surface area contributed by atoms with Crippen molar-refractivity contribution in [2.24, 2.45) is 0 Å². The molecule has 0 fully saturated rings. The van der Waals surface area contributed by atoms with Crippen molar-refractivity contribution >= 4 is 0 Å². The number of unbranched alkanes of at least 4 members (excludes halogenated alkanes) is 1. The van der Waals surface area contributed by atoms with Crippen LogP contribution in [0.25, 0.3) is 0 Å². The molecule has 0 heterocycles. The third kappa shape index (κ3) is 2.48. The maximum Gasteiger partial charge on any atom is 0.122 e. The van der Waals surface area contributed by atoms with Crippen LogP contribution in [0.15, 0.2) is 18.2 Å². The summed E-state index contributed by atoms with van der Waals surface area (Å²) in [6, 6.07) is 5.82. The number of hydrogen-bond donors (Lipinski definition) is 1. The summed E-state index contributed by atoms with van der Waals surface area (Å²) in [5, 5.41) is 9.18. The minimum Gasteiger partial charge on any atom is -0.496 e. The Kier molecular flexibility index (Phi) is 4.47. The Bertz CT molecular complexity index is 259. The highest BCUT2D eigenvalue weighted by atomic mass is 16.5. The summed E-state index contributed by atoms with van der Waals surface area (Å²) < 4.78 is 5.27. The first-order valence-electron chi connectivity index (χ1n) is 5.09. The van der Waals surface area contributed by atoms with Crippen LogP contribution in [0.4, 0.5) is 0 Å². The van der Waals surface area contributed by atoms with Crippen LogP contribution in [0.2, 0.25) is 0 Å². The lowest BCUT2D eigenvalue weighted by molar-refractivity contribution is 0.279. The molecule has 0 unspecified atom stereocenters. The van der Waals surface area contributed by atoms with Gasteiger partial charge in [0.15, 0.2) is 0 Å². The average molecular weight is 194 g/mol. The summed E-state index contributed by atoms with van der Waals surface area (Å²) in [6.45, 7) is 2.25. The number of hydrogen-bond acceptors (Lipinski definition) is 2. The van der Waals surface area contributed by atoms with Crippen molar-refractivity contribution in [3.8, 4) is 5.75 Å². The second-order valence-electron chi connectivity index (χ2n) is 3.36. The van der Waals surface area contributed by atoms with E-state index < -0.39 is 0 Å². The molecule has 78 valence electrons.